The summed E-state index contributed by atoms with van der Waals surface area (Å²) in [6.45, 7) is 1.59. The zero-order valence-corrected chi connectivity index (χ0v) is 16.0. The van der Waals surface area contributed by atoms with Crippen LogP contribution in [0.5, 0.6) is 0 Å². The molecule has 148 valence electrons. The van der Waals surface area contributed by atoms with E-state index in [1.165, 1.54) is 6.07 Å². The minimum atomic E-state index is -0.247. The Labute approximate surface area is 167 Å². The second kappa shape index (κ2) is 6.27. The highest BCUT2D eigenvalue weighted by Crippen LogP contribution is 2.39. The number of carbonyl (C=O) groups is 1. The number of hydrogen-bond donors (Lipinski definition) is 0. The Balaban J connectivity index is 1.34. The fourth-order valence-corrected chi connectivity index (χ4v) is 4.98. The molecule has 29 heavy (non-hydrogen) atoms. The zero-order valence-electron chi connectivity index (χ0n) is 16.0. The Kier molecular flexibility index (Phi) is 3.66. The van der Waals surface area contributed by atoms with Crippen molar-refractivity contribution in [2.45, 2.75) is 37.8 Å². The van der Waals surface area contributed by atoms with E-state index in [9.17, 15) is 9.18 Å². The number of amides is 1. The topological polar surface area (TPSA) is 53.7 Å². The molecule has 2 bridgehead atoms. The van der Waals surface area contributed by atoms with Gasteiger partial charge in [-0.1, -0.05) is 18.2 Å². The van der Waals surface area contributed by atoms with Crippen molar-refractivity contribution in [1.82, 2.24) is 19.5 Å². The molecule has 2 saturated heterocycles. The molecule has 0 N–H and O–H groups in total. The molecule has 2 aliphatic heterocycles. The molecule has 6 nitrogen and oxygen atoms in total. The van der Waals surface area contributed by atoms with E-state index in [-0.39, 0.29) is 23.8 Å². The standard InChI is InChI=1S/C22H22FN5O/c23-19-4-2-1-3-18(19)15-9-20-21(24-13-25-27(20)10-15)26-11-16-7-8-17(12-26)28(16)22(29)14-5-6-14/h1-4,9-10,13-14,16-17H,5-8,11-12H2. The number of aromatic nitrogens is 3. The van der Waals surface area contributed by atoms with Gasteiger partial charge in [0, 0.05) is 48.4 Å². The van der Waals surface area contributed by atoms with E-state index >= 15 is 0 Å². The first-order valence-electron chi connectivity index (χ1n) is 10.3. The van der Waals surface area contributed by atoms with E-state index in [1.807, 2.05) is 18.3 Å². The molecule has 3 aromatic rings. The Hall–Kier alpha value is -2.96. The van der Waals surface area contributed by atoms with Gasteiger partial charge in [-0.25, -0.2) is 13.9 Å². The highest BCUT2D eigenvalue weighted by Gasteiger charge is 2.46. The molecule has 0 spiro atoms. The van der Waals surface area contributed by atoms with Crippen LogP contribution in [0.1, 0.15) is 25.7 Å². The van der Waals surface area contributed by atoms with E-state index in [0.717, 1.165) is 55.7 Å². The molecule has 6 rings (SSSR count). The first-order chi connectivity index (χ1) is 14.2. The normalized spacial score (nSPS) is 23.8. The van der Waals surface area contributed by atoms with Crippen LogP contribution in [0.4, 0.5) is 10.2 Å². The Bertz CT molecular complexity index is 1090. The molecule has 7 heteroatoms. The molecule has 2 unspecified atom stereocenters. The third kappa shape index (κ3) is 2.71. The summed E-state index contributed by atoms with van der Waals surface area (Å²) in [7, 11) is 0. The van der Waals surface area contributed by atoms with E-state index in [1.54, 1.807) is 23.0 Å². The van der Waals surface area contributed by atoms with Gasteiger partial charge in [0.15, 0.2) is 5.82 Å². The van der Waals surface area contributed by atoms with Gasteiger partial charge in [0.25, 0.3) is 0 Å². The quantitative estimate of drug-likeness (QED) is 0.688. The van der Waals surface area contributed by atoms with E-state index in [0.29, 0.717) is 11.5 Å². The van der Waals surface area contributed by atoms with Crippen LogP contribution in [0.15, 0.2) is 42.9 Å². The third-order valence-electron chi connectivity index (χ3n) is 6.53. The molecule has 3 aliphatic rings. The van der Waals surface area contributed by atoms with Crippen LogP contribution in [0.2, 0.25) is 0 Å². The monoisotopic (exact) mass is 391 g/mol. The number of anilines is 1. The first kappa shape index (κ1) is 16.9. The summed E-state index contributed by atoms with van der Waals surface area (Å²) in [5.74, 6) is 1.24. The number of carbonyl (C=O) groups excluding carboxylic acids is 1. The molecule has 2 atom stereocenters. The molecular formula is C22H22FN5O. The highest BCUT2D eigenvalue weighted by molar-refractivity contribution is 5.83. The summed E-state index contributed by atoms with van der Waals surface area (Å²) in [6.07, 6.45) is 7.62. The van der Waals surface area contributed by atoms with Crippen molar-refractivity contribution in [2.24, 2.45) is 5.92 Å². The Morgan fingerprint density at radius 1 is 1.07 bits per heavy atom. The van der Waals surface area contributed by atoms with Gasteiger partial charge in [0.2, 0.25) is 5.91 Å². The summed E-state index contributed by atoms with van der Waals surface area (Å²) < 4.78 is 16.0. The summed E-state index contributed by atoms with van der Waals surface area (Å²) in [5, 5.41) is 4.33. The van der Waals surface area contributed by atoms with Gasteiger partial charge >= 0.3 is 0 Å². The summed E-state index contributed by atoms with van der Waals surface area (Å²) in [5.41, 5.74) is 2.21. The highest BCUT2D eigenvalue weighted by atomic mass is 19.1. The van der Waals surface area contributed by atoms with Crippen molar-refractivity contribution < 1.29 is 9.18 Å². The van der Waals surface area contributed by atoms with Gasteiger partial charge in [0.1, 0.15) is 17.7 Å². The summed E-state index contributed by atoms with van der Waals surface area (Å²) in [4.78, 5) is 21.7. The molecule has 1 amide bonds. The number of nitrogens with zero attached hydrogens (tertiary/aromatic N) is 5. The Morgan fingerprint density at radius 2 is 1.83 bits per heavy atom. The van der Waals surface area contributed by atoms with Crippen LogP contribution in [-0.4, -0.2) is 50.6 Å². The lowest BCUT2D eigenvalue weighted by Crippen LogP contribution is -2.56. The fraction of sp³-hybridized carbons (Fsp3) is 0.409. The number of fused-ring (bicyclic) bond motifs is 3. The second-order valence-electron chi connectivity index (χ2n) is 8.43. The van der Waals surface area contributed by atoms with Crippen molar-refractivity contribution in [1.29, 1.82) is 0 Å². The van der Waals surface area contributed by atoms with Crippen LogP contribution >= 0.6 is 0 Å². The molecule has 1 aliphatic carbocycles. The molecule has 4 heterocycles. The predicted molar refractivity (Wildman–Crippen MR) is 107 cm³/mol. The van der Waals surface area contributed by atoms with Crippen molar-refractivity contribution >= 4 is 17.2 Å². The van der Waals surface area contributed by atoms with Gasteiger partial charge in [-0.05, 0) is 37.8 Å². The van der Waals surface area contributed by atoms with Gasteiger partial charge < -0.3 is 9.80 Å². The van der Waals surface area contributed by atoms with Gasteiger partial charge in [-0.2, -0.15) is 5.10 Å². The number of piperazine rings is 1. The molecular weight excluding hydrogens is 369 g/mol. The average Bonchev–Trinajstić information content (AvgIpc) is 3.44. The smallest absolute Gasteiger partial charge is 0.226 e. The zero-order chi connectivity index (χ0) is 19.5. The molecule has 1 aromatic carbocycles. The SMILES string of the molecule is O=C(C1CC1)N1C2CCC1CN(c1ncnn3cc(-c4ccccc4F)cc13)C2. The molecule has 0 radical (unpaired) electrons. The van der Waals surface area contributed by atoms with E-state index in [4.69, 9.17) is 0 Å². The van der Waals surface area contributed by atoms with Crippen molar-refractivity contribution in [3.05, 3.63) is 48.7 Å². The molecule has 3 fully saturated rings. The van der Waals surface area contributed by atoms with Gasteiger partial charge in [-0.3, -0.25) is 4.79 Å². The minimum absolute atomic E-state index is 0.247. The van der Waals surface area contributed by atoms with Gasteiger partial charge in [-0.15, -0.1) is 0 Å². The lowest BCUT2D eigenvalue weighted by molar-refractivity contribution is -0.135. The molecule has 1 saturated carbocycles. The first-order valence-corrected chi connectivity index (χ1v) is 10.3. The van der Waals surface area contributed by atoms with Crippen molar-refractivity contribution in [3.8, 4) is 11.1 Å². The second-order valence-corrected chi connectivity index (χ2v) is 8.43. The maximum atomic E-state index is 14.3. The summed E-state index contributed by atoms with van der Waals surface area (Å²) >= 11 is 0. The number of hydrogen-bond acceptors (Lipinski definition) is 4. The van der Waals surface area contributed by atoms with Crippen LogP contribution in [0.25, 0.3) is 16.6 Å². The third-order valence-corrected chi connectivity index (χ3v) is 6.53. The fourth-order valence-electron chi connectivity index (χ4n) is 4.98. The van der Waals surface area contributed by atoms with Crippen LogP contribution in [0.3, 0.4) is 0 Å². The van der Waals surface area contributed by atoms with Crippen LogP contribution < -0.4 is 4.90 Å². The lowest BCUT2D eigenvalue weighted by Gasteiger charge is -2.41. The maximum absolute atomic E-state index is 14.3. The predicted octanol–water partition coefficient (Wildman–Crippen LogP) is 3.13. The van der Waals surface area contributed by atoms with E-state index < -0.39 is 0 Å². The van der Waals surface area contributed by atoms with Crippen molar-refractivity contribution in [3.63, 3.8) is 0 Å². The largest absolute Gasteiger partial charge is 0.351 e. The van der Waals surface area contributed by atoms with E-state index in [2.05, 4.69) is 19.9 Å². The Morgan fingerprint density at radius 3 is 2.55 bits per heavy atom. The number of halogens is 1. The minimum Gasteiger partial charge on any atom is -0.351 e. The number of rotatable bonds is 3. The average molecular weight is 391 g/mol. The number of benzene rings is 1. The summed E-state index contributed by atoms with van der Waals surface area (Å²) in [6, 6.07) is 9.25. The van der Waals surface area contributed by atoms with Crippen LogP contribution in [-0.2, 0) is 4.79 Å². The molecule has 2 aromatic heterocycles. The lowest BCUT2D eigenvalue weighted by atomic mass is 10.1. The van der Waals surface area contributed by atoms with Crippen molar-refractivity contribution in [2.75, 3.05) is 18.0 Å². The maximum Gasteiger partial charge on any atom is 0.226 e. The van der Waals surface area contributed by atoms with Crippen LogP contribution in [0, 0.1) is 11.7 Å². The van der Waals surface area contributed by atoms with Gasteiger partial charge in [0.05, 0.1) is 0 Å².